The number of nitrogen functional groups attached to an aromatic ring is 1. The molecule has 0 spiro atoms. The molecular weight excluding hydrogens is 302 g/mol. The van der Waals surface area contributed by atoms with Crippen molar-refractivity contribution in [3.63, 3.8) is 0 Å². The van der Waals surface area contributed by atoms with Gasteiger partial charge in [-0.05, 0) is 12.1 Å². The Kier molecular flexibility index (Phi) is 3.73. The average molecular weight is 313 g/mol. The fraction of sp³-hybridized carbons (Fsp3) is 0.111. The number of hydrogen-bond donors (Lipinski definition) is 3. The van der Waals surface area contributed by atoms with Crippen LogP contribution in [0.3, 0.4) is 0 Å². The van der Waals surface area contributed by atoms with Gasteiger partial charge in [-0.15, -0.1) is 0 Å². The van der Waals surface area contributed by atoms with Crippen LogP contribution in [0.1, 0.15) is 0 Å². The Labute approximate surface area is 119 Å². The summed E-state index contributed by atoms with van der Waals surface area (Å²) in [6, 6.07) is 3.39. The van der Waals surface area contributed by atoms with Gasteiger partial charge in [0.05, 0.1) is 10.6 Å². The van der Waals surface area contributed by atoms with Crippen LogP contribution in [0.5, 0.6) is 0 Å². The van der Waals surface area contributed by atoms with E-state index in [9.17, 15) is 18.5 Å². The van der Waals surface area contributed by atoms with E-state index < -0.39 is 25.5 Å². The molecule has 0 amide bonds. The highest BCUT2D eigenvalue weighted by Crippen LogP contribution is 2.27. The summed E-state index contributed by atoms with van der Waals surface area (Å²) in [4.78, 5) is 13.3. The van der Waals surface area contributed by atoms with Gasteiger partial charge in [-0.2, -0.15) is 10.1 Å². The summed E-state index contributed by atoms with van der Waals surface area (Å²) in [5.41, 5.74) is 1.86. The van der Waals surface area contributed by atoms with Crippen molar-refractivity contribution in [1.29, 1.82) is 0 Å². The van der Waals surface area contributed by atoms with Crippen molar-refractivity contribution in [2.24, 2.45) is 12.9 Å². The highest BCUT2D eigenvalue weighted by Gasteiger charge is 2.27. The second-order valence-electron chi connectivity index (χ2n) is 3.90. The molecule has 4 N–H and O–H groups in total. The summed E-state index contributed by atoms with van der Waals surface area (Å²) in [6.07, 6.45) is 1.14. The topological polar surface area (TPSA) is 158 Å². The number of sulfonamides is 1. The van der Waals surface area contributed by atoms with Crippen molar-refractivity contribution in [2.45, 2.75) is 4.90 Å². The highest BCUT2D eigenvalue weighted by atomic mass is 32.2. The zero-order chi connectivity index (χ0) is 15.6. The number of nitro groups is 1. The number of aromatic nitrogens is 3. The standard InChI is InChI=1S/C9H11N7O4S/c1-15-9(11-5-12-15)14-21(19,20)8-4-6(13-10)2-3-7(8)16(17)18/h2-5,13H,10H2,1H3,(H,11,12,14). The Morgan fingerprint density at radius 2 is 2.14 bits per heavy atom. The maximum absolute atomic E-state index is 12.3. The maximum atomic E-state index is 12.3. The van der Waals surface area contributed by atoms with Crippen molar-refractivity contribution < 1.29 is 13.3 Å². The molecule has 0 unspecified atom stereocenters. The maximum Gasteiger partial charge on any atom is 0.290 e. The number of benzene rings is 1. The van der Waals surface area contributed by atoms with E-state index in [-0.39, 0.29) is 11.6 Å². The third-order valence-electron chi connectivity index (χ3n) is 2.55. The van der Waals surface area contributed by atoms with Crippen LogP contribution in [-0.2, 0) is 17.1 Å². The lowest BCUT2D eigenvalue weighted by atomic mass is 10.3. The van der Waals surface area contributed by atoms with Crippen LogP contribution in [0, 0.1) is 10.1 Å². The molecule has 0 saturated heterocycles. The first-order valence-electron chi connectivity index (χ1n) is 5.47. The molecule has 2 rings (SSSR count). The van der Waals surface area contributed by atoms with Crippen LogP contribution in [0.2, 0.25) is 0 Å². The second-order valence-corrected chi connectivity index (χ2v) is 5.55. The van der Waals surface area contributed by atoms with Crippen LogP contribution >= 0.6 is 0 Å². The van der Waals surface area contributed by atoms with Gasteiger partial charge in [0.2, 0.25) is 5.95 Å². The molecule has 0 aliphatic rings. The molecule has 1 aromatic heterocycles. The molecule has 0 fully saturated rings. The number of anilines is 2. The minimum atomic E-state index is -4.22. The zero-order valence-corrected chi connectivity index (χ0v) is 11.5. The van der Waals surface area contributed by atoms with Crippen molar-refractivity contribution in [3.8, 4) is 0 Å². The predicted octanol–water partition coefficient (Wildman–Crippen LogP) is -0.190. The lowest BCUT2D eigenvalue weighted by Crippen LogP contribution is -2.18. The van der Waals surface area contributed by atoms with Gasteiger partial charge in [-0.1, -0.05) is 0 Å². The van der Waals surface area contributed by atoms with Gasteiger partial charge in [0.25, 0.3) is 15.7 Å². The fourth-order valence-electron chi connectivity index (χ4n) is 1.53. The van der Waals surface area contributed by atoms with Gasteiger partial charge in [0.1, 0.15) is 6.33 Å². The van der Waals surface area contributed by atoms with E-state index in [0.717, 1.165) is 18.5 Å². The number of nitrogens with one attached hydrogen (secondary N) is 2. The smallest absolute Gasteiger partial charge is 0.290 e. The van der Waals surface area contributed by atoms with E-state index in [0.29, 0.717) is 0 Å². The summed E-state index contributed by atoms with van der Waals surface area (Å²) < 4.78 is 27.9. The number of rotatable bonds is 5. The van der Waals surface area contributed by atoms with E-state index >= 15 is 0 Å². The van der Waals surface area contributed by atoms with E-state index in [2.05, 4.69) is 20.2 Å². The van der Waals surface area contributed by atoms with E-state index in [1.165, 1.54) is 17.8 Å². The Hall–Kier alpha value is -2.73. The summed E-state index contributed by atoms with van der Waals surface area (Å²) >= 11 is 0. The molecule has 112 valence electrons. The van der Waals surface area contributed by atoms with Gasteiger partial charge in [-0.3, -0.25) is 16.0 Å². The first-order chi connectivity index (χ1) is 9.85. The third-order valence-corrected chi connectivity index (χ3v) is 3.91. The molecule has 21 heavy (non-hydrogen) atoms. The highest BCUT2D eigenvalue weighted by molar-refractivity contribution is 7.92. The van der Waals surface area contributed by atoms with Crippen molar-refractivity contribution in [2.75, 3.05) is 10.1 Å². The van der Waals surface area contributed by atoms with Gasteiger partial charge in [-0.25, -0.2) is 17.8 Å². The van der Waals surface area contributed by atoms with E-state index in [4.69, 9.17) is 5.84 Å². The minimum absolute atomic E-state index is 0.0737. The van der Waals surface area contributed by atoms with Crippen LogP contribution in [-0.4, -0.2) is 28.1 Å². The number of nitro benzene ring substituents is 1. The largest absolute Gasteiger partial charge is 0.324 e. The molecular formula is C9H11N7O4S. The number of aryl methyl sites for hydroxylation is 1. The lowest BCUT2D eigenvalue weighted by Gasteiger charge is -2.09. The molecule has 11 nitrogen and oxygen atoms in total. The van der Waals surface area contributed by atoms with Crippen LogP contribution in [0.4, 0.5) is 17.3 Å². The zero-order valence-electron chi connectivity index (χ0n) is 10.7. The Morgan fingerprint density at radius 3 is 2.67 bits per heavy atom. The monoisotopic (exact) mass is 313 g/mol. The van der Waals surface area contributed by atoms with Gasteiger partial charge in [0.15, 0.2) is 4.90 Å². The van der Waals surface area contributed by atoms with Crippen LogP contribution in [0.25, 0.3) is 0 Å². The Bertz CT molecular complexity index is 785. The number of nitrogens with zero attached hydrogens (tertiary/aromatic N) is 4. The third kappa shape index (κ3) is 2.90. The Morgan fingerprint density at radius 1 is 1.43 bits per heavy atom. The quantitative estimate of drug-likeness (QED) is 0.389. The molecule has 0 aliphatic heterocycles. The first kappa shape index (κ1) is 14.7. The van der Waals surface area contributed by atoms with Gasteiger partial charge < -0.3 is 5.43 Å². The van der Waals surface area contributed by atoms with Gasteiger partial charge in [0, 0.05) is 13.1 Å². The molecule has 0 aliphatic carbocycles. The minimum Gasteiger partial charge on any atom is -0.324 e. The van der Waals surface area contributed by atoms with E-state index in [1.54, 1.807) is 0 Å². The van der Waals surface area contributed by atoms with Crippen LogP contribution in [0.15, 0.2) is 29.4 Å². The summed E-state index contributed by atoms with van der Waals surface area (Å²) in [7, 11) is -2.76. The predicted molar refractivity (Wildman–Crippen MR) is 72.7 cm³/mol. The molecule has 0 atom stereocenters. The number of nitrogens with two attached hydrogens (primary N) is 1. The summed E-state index contributed by atoms with van der Waals surface area (Å²) in [6.45, 7) is 0. The number of hydrazine groups is 1. The lowest BCUT2D eigenvalue weighted by molar-refractivity contribution is -0.387. The number of hydrogen-bond acceptors (Lipinski definition) is 8. The molecule has 1 heterocycles. The molecule has 0 saturated carbocycles. The summed E-state index contributed by atoms with van der Waals surface area (Å²) in [5, 5.41) is 14.7. The molecule has 1 aromatic carbocycles. The fourth-order valence-corrected chi connectivity index (χ4v) is 2.77. The van der Waals surface area contributed by atoms with Crippen LogP contribution < -0.4 is 16.0 Å². The first-order valence-corrected chi connectivity index (χ1v) is 6.95. The average Bonchev–Trinajstić information content (AvgIpc) is 2.82. The Balaban J connectivity index is 2.52. The molecule has 12 heteroatoms. The molecule has 0 radical (unpaired) electrons. The van der Waals surface area contributed by atoms with E-state index in [1.807, 2.05) is 0 Å². The molecule has 0 bridgehead atoms. The second kappa shape index (κ2) is 5.34. The van der Waals surface area contributed by atoms with Gasteiger partial charge >= 0.3 is 0 Å². The normalized spacial score (nSPS) is 11.1. The van der Waals surface area contributed by atoms with Crippen molar-refractivity contribution >= 4 is 27.3 Å². The summed E-state index contributed by atoms with van der Waals surface area (Å²) in [5.74, 6) is 5.11. The van der Waals surface area contributed by atoms with Crippen molar-refractivity contribution in [3.05, 3.63) is 34.6 Å². The SMILES string of the molecule is Cn1ncnc1NS(=O)(=O)c1cc(NN)ccc1[N+](=O)[O-]. The molecule has 2 aromatic rings. The van der Waals surface area contributed by atoms with Crippen molar-refractivity contribution in [1.82, 2.24) is 14.8 Å².